The lowest BCUT2D eigenvalue weighted by atomic mass is 10.3. The summed E-state index contributed by atoms with van der Waals surface area (Å²) in [6.07, 6.45) is 0. The largest absolute Gasteiger partial charge is 0.491 e. The maximum atomic E-state index is 10.2. The molecule has 0 aliphatic rings. The topological polar surface area (TPSA) is 122 Å². The molecule has 12 nitrogen and oxygen atoms in total. The zero-order valence-corrected chi connectivity index (χ0v) is 25.0. The second-order valence-electron chi connectivity index (χ2n) is 8.72. The Labute approximate surface area is 245 Å². The normalized spacial score (nSPS) is 13.0. The van der Waals surface area contributed by atoms with E-state index in [0.29, 0.717) is 119 Å². The van der Waals surface area contributed by atoms with Gasteiger partial charge in [-0.3, -0.25) is 0 Å². The maximum Gasteiger partial charge on any atom is 0.186 e. The maximum absolute atomic E-state index is 10.2. The van der Waals surface area contributed by atoms with E-state index in [1.165, 1.54) is 0 Å². The van der Waals surface area contributed by atoms with Crippen molar-refractivity contribution in [2.24, 2.45) is 0 Å². The Hall–Kier alpha value is -1.42. The average molecular weight is 593 g/mol. The van der Waals surface area contributed by atoms with Crippen LogP contribution in [0.15, 0.2) is 30.3 Å². The van der Waals surface area contributed by atoms with Crippen molar-refractivity contribution in [1.82, 2.24) is 0 Å². The molecule has 1 N–H and O–H groups in total. The van der Waals surface area contributed by atoms with Crippen molar-refractivity contribution in [3.05, 3.63) is 30.3 Å². The number of aliphatic hydroxyl groups is 1. The van der Waals surface area contributed by atoms with Gasteiger partial charge in [0.2, 0.25) is 0 Å². The van der Waals surface area contributed by atoms with Crippen LogP contribution in [0.25, 0.3) is 0 Å². The highest BCUT2D eigenvalue weighted by molar-refractivity contribution is 5.20. The van der Waals surface area contributed by atoms with Crippen LogP contribution in [-0.4, -0.2) is 143 Å². The Bertz CT molecular complexity index is 650. The number of ether oxygens (including phenoxy) is 11. The van der Waals surface area contributed by atoms with Gasteiger partial charge in [0, 0.05) is 6.61 Å². The molecule has 1 aromatic carbocycles. The molecule has 0 radical (unpaired) electrons. The Morgan fingerprint density at radius 3 is 1.29 bits per heavy atom. The molecule has 0 saturated carbocycles. The van der Waals surface area contributed by atoms with Crippen molar-refractivity contribution in [2.45, 2.75) is 19.6 Å². The lowest BCUT2D eigenvalue weighted by molar-refractivity contribution is -0.226. The molecule has 0 aliphatic carbocycles. The SMILES string of the molecule is CCOCCOCCOCCOCCOC(C)(O)COCCOCCOCCOCCOCCOc1ccccc1. The molecule has 41 heavy (non-hydrogen) atoms. The summed E-state index contributed by atoms with van der Waals surface area (Å²) < 4.78 is 59.6. The van der Waals surface area contributed by atoms with Gasteiger partial charge in [0.1, 0.15) is 19.0 Å². The van der Waals surface area contributed by atoms with E-state index >= 15 is 0 Å². The van der Waals surface area contributed by atoms with E-state index in [0.717, 1.165) is 5.75 Å². The first kappa shape index (κ1) is 37.6. The first-order valence-electron chi connectivity index (χ1n) is 14.4. The van der Waals surface area contributed by atoms with E-state index < -0.39 is 5.79 Å². The molecule has 240 valence electrons. The Kier molecular flexibility index (Phi) is 26.3. The van der Waals surface area contributed by atoms with E-state index in [9.17, 15) is 5.11 Å². The quantitative estimate of drug-likeness (QED) is 0.0972. The van der Waals surface area contributed by atoms with Crippen molar-refractivity contribution < 1.29 is 57.2 Å². The predicted octanol–water partition coefficient (Wildman–Crippen LogP) is 1.96. The summed E-state index contributed by atoms with van der Waals surface area (Å²) >= 11 is 0. The minimum absolute atomic E-state index is 0.0281. The first-order chi connectivity index (χ1) is 20.1. The molecule has 12 heteroatoms. The van der Waals surface area contributed by atoms with E-state index in [-0.39, 0.29) is 13.2 Å². The fraction of sp³-hybridized carbons (Fsp3) is 0.793. The van der Waals surface area contributed by atoms with Crippen molar-refractivity contribution in [3.63, 3.8) is 0 Å². The van der Waals surface area contributed by atoms with Gasteiger partial charge >= 0.3 is 0 Å². The Morgan fingerprint density at radius 2 is 0.854 bits per heavy atom. The first-order valence-corrected chi connectivity index (χ1v) is 14.4. The smallest absolute Gasteiger partial charge is 0.186 e. The molecule has 1 aromatic rings. The van der Waals surface area contributed by atoms with Crippen LogP contribution < -0.4 is 4.74 Å². The van der Waals surface area contributed by atoms with E-state index in [4.69, 9.17) is 52.1 Å². The van der Waals surface area contributed by atoms with Crippen LogP contribution in [0.1, 0.15) is 13.8 Å². The third-order valence-corrected chi connectivity index (χ3v) is 5.06. The van der Waals surface area contributed by atoms with Crippen LogP contribution in [0.3, 0.4) is 0 Å². The van der Waals surface area contributed by atoms with E-state index in [2.05, 4.69) is 0 Å². The molecule has 1 unspecified atom stereocenters. The highest BCUT2D eigenvalue weighted by Crippen LogP contribution is 2.07. The summed E-state index contributed by atoms with van der Waals surface area (Å²) in [7, 11) is 0. The zero-order chi connectivity index (χ0) is 29.5. The zero-order valence-electron chi connectivity index (χ0n) is 25.0. The summed E-state index contributed by atoms with van der Waals surface area (Å²) in [4.78, 5) is 0. The minimum atomic E-state index is -1.40. The highest BCUT2D eigenvalue weighted by atomic mass is 16.7. The van der Waals surface area contributed by atoms with Gasteiger partial charge in [0.05, 0.1) is 112 Å². The summed E-state index contributed by atoms with van der Waals surface area (Å²) in [5.41, 5.74) is 0. The standard InChI is InChI=1S/C29H52O12/c1-3-31-9-10-32-11-12-35-18-20-38-24-26-41-29(2,30)27-39-22-21-36-16-15-33-13-14-34-17-19-37-23-25-40-28-7-5-4-6-8-28/h4-8,30H,3,9-27H2,1-2H3. The molecule has 0 spiro atoms. The summed E-state index contributed by atoms with van der Waals surface area (Å²) in [5, 5.41) is 10.2. The lowest BCUT2D eigenvalue weighted by Gasteiger charge is -2.23. The molecule has 0 saturated heterocycles. The molecule has 0 aromatic heterocycles. The number of rotatable bonds is 32. The Morgan fingerprint density at radius 1 is 0.488 bits per heavy atom. The Balaban J connectivity index is 1.74. The summed E-state index contributed by atoms with van der Waals surface area (Å²) in [6, 6.07) is 9.64. The van der Waals surface area contributed by atoms with Gasteiger partial charge in [-0.15, -0.1) is 0 Å². The highest BCUT2D eigenvalue weighted by Gasteiger charge is 2.21. The van der Waals surface area contributed by atoms with Gasteiger partial charge in [0.25, 0.3) is 0 Å². The van der Waals surface area contributed by atoms with Crippen LogP contribution in [0.2, 0.25) is 0 Å². The van der Waals surface area contributed by atoms with E-state index in [1.54, 1.807) is 6.92 Å². The number of hydrogen-bond donors (Lipinski definition) is 1. The number of para-hydroxylation sites is 1. The van der Waals surface area contributed by atoms with Crippen LogP contribution >= 0.6 is 0 Å². The van der Waals surface area contributed by atoms with Crippen LogP contribution in [0.4, 0.5) is 0 Å². The average Bonchev–Trinajstić information content (AvgIpc) is 2.97. The van der Waals surface area contributed by atoms with Crippen molar-refractivity contribution >= 4 is 0 Å². The molecular formula is C29H52O12. The van der Waals surface area contributed by atoms with Gasteiger partial charge in [-0.05, 0) is 26.0 Å². The molecule has 0 heterocycles. The van der Waals surface area contributed by atoms with Crippen molar-refractivity contribution in [1.29, 1.82) is 0 Å². The molecule has 0 fully saturated rings. The lowest BCUT2D eigenvalue weighted by Crippen LogP contribution is -2.35. The molecule has 0 amide bonds. The van der Waals surface area contributed by atoms with Gasteiger partial charge in [-0.25, -0.2) is 0 Å². The second kappa shape index (κ2) is 28.7. The molecule has 0 aliphatic heterocycles. The second-order valence-corrected chi connectivity index (χ2v) is 8.72. The van der Waals surface area contributed by atoms with E-state index in [1.807, 2.05) is 37.3 Å². The van der Waals surface area contributed by atoms with Gasteiger partial charge in [-0.1, -0.05) is 18.2 Å². The van der Waals surface area contributed by atoms with Gasteiger partial charge in [0.15, 0.2) is 5.79 Å². The van der Waals surface area contributed by atoms with Crippen molar-refractivity contribution in [2.75, 3.05) is 132 Å². The predicted molar refractivity (Wildman–Crippen MR) is 152 cm³/mol. The molecule has 1 rings (SSSR count). The summed E-state index contributed by atoms with van der Waals surface area (Å²) in [6.45, 7) is 12.6. The number of benzene rings is 1. The molecule has 0 bridgehead atoms. The fourth-order valence-electron chi connectivity index (χ4n) is 3.04. The van der Waals surface area contributed by atoms with Gasteiger partial charge < -0.3 is 57.2 Å². The molecular weight excluding hydrogens is 540 g/mol. The third-order valence-electron chi connectivity index (χ3n) is 5.06. The fourth-order valence-corrected chi connectivity index (χ4v) is 3.04. The van der Waals surface area contributed by atoms with Crippen LogP contribution in [0, 0.1) is 0 Å². The molecule has 1 atom stereocenters. The minimum Gasteiger partial charge on any atom is -0.491 e. The third kappa shape index (κ3) is 27.2. The van der Waals surface area contributed by atoms with Crippen LogP contribution in [-0.2, 0) is 47.4 Å². The monoisotopic (exact) mass is 592 g/mol. The summed E-state index contributed by atoms with van der Waals surface area (Å²) in [5.74, 6) is -0.565. The number of hydrogen-bond acceptors (Lipinski definition) is 12. The van der Waals surface area contributed by atoms with Gasteiger partial charge in [-0.2, -0.15) is 0 Å². The van der Waals surface area contributed by atoms with Crippen molar-refractivity contribution in [3.8, 4) is 5.75 Å². The van der Waals surface area contributed by atoms with Crippen LogP contribution in [0.5, 0.6) is 5.75 Å².